The summed E-state index contributed by atoms with van der Waals surface area (Å²) in [5.41, 5.74) is 1.08. The average Bonchev–Trinajstić information content (AvgIpc) is 2.42. The molecule has 0 aliphatic carbocycles. The third-order valence-electron chi connectivity index (χ3n) is 2.73. The Morgan fingerprint density at radius 1 is 1.47 bits per heavy atom. The van der Waals surface area contributed by atoms with Crippen LogP contribution in [0.5, 0.6) is 0 Å². The highest BCUT2D eigenvalue weighted by molar-refractivity contribution is 8.06. The fourth-order valence-corrected chi connectivity index (χ4v) is 4.75. The zero-order chi connectivity index (χ0) is 11.9. The van der Waals surface area contributed by atoms with E-state index in [-0.39, 0.29) is 0 Å². The number of thioether (sulfide) groups is 2. The van der Waals surface area contributed by atoms with Gasteiger partial charge in [0.15, 0.2) is 0 Å². The molecule has 0 saturated carbocycles. The summed E-state index contributed by atoms with van der Waals surface area (Å²) in [4.78, 5) is 8.65. The minimum atomic E-state index is 0.349. The van der Waals surface area contributed by atoms with Crippen LogP contribution in [0.15, 0.2) is 18.6 Å². The SMILES string of the molecule is CCCNC(c1cnccn1)C1CSCCS1. The number of hydrogen-bond donors (Lipinski definition) is 1. The highest BCUT2D eigenvalue weighted by Crippen LogP contribution is 2.32. The summed E-state index contributed by atoms with van der Waals surface area (Å²) >= 11 is 4.12. The highest BCUT2D eigenvalue weighted by Gasteiger charge is 2.26. The van der Waals surface area contributed by atoms with Crippen LogP contribution in [0.3, 0.4) is 0 Å². The Morgan fingerprint density at radius 2 is 2.41 bits per heavy atom. The first-order chi connectivity index (χ1) is 8.42. The van der Waals surface area contributed by atoms with Crippen molar-refractivity contribution in [3.8, 4) is 0 Å². The first-order valence-electron chi connectivity index (χ1n) is 6.10. The van der Waals surface area contributed by atoms with Crippen molar-refractivity contribution in [2.24, 2.45) is 0 Å². The molecule has 0 aromatic carbocycles. The molecule has 1 saturated heterocycles. The van der Waals surface area contributed by atoms with Crippen molar-refractivity contribution in [1.82, 2.24) is 15.3 Å². The molecule has 0 spiro atoms. The molecule has 0 amide bonds. The van der Waals surface area contributed by atoms with E-state index in [0.29, 0.717) is 11.3 Å². The molecule has 2 unspecified atom stereocenters. The average molecular weight is 269 g/mol. The standard InChI is InChI=1S/C12H19N3S2/c1-2-3-15-12(10-8-13-4-5-14-10)11-9-16-6-7-17-11/h4-5,8,11-12,15H,2-3,6-7,9H2,1H3. The Bertz CT molecular complexity index is 315. The number of hydrogen-bond acceptors (Lipinski definition) is 5. The van der Waals surface area contributed by atoms with E-state index in [2.05, 4.69) is 45.7 Å². The Morgan fingerprint density at radius 3 is 3.06 bits per heavy atom. The van der Waals surface area contributed by atoms with Gasteiger partial charge in [0.25, 0.3) is 0 Å². The summed E-state index contributed by atoms with van der Waals surface area (Å²) in [6, 6.07) is 0.349. The summed E-state index contributed by atoms with van der Waals surface area (Å²) in [5, 5.41) is 4.24. The van der Waals surface area contributed by atoms with Gasteiger partial charge in [-0.25, -0.2) is 0 Å². The van der Waals surface area contributed by atoms with Gasteiger partial charge >= 0.3 is 0 Å². The van der Waals surface area contributed by atoms with Crippen molar-refractivity contribution in [3.63, 3.8) is 0 Å². The second kappa shape index (κ2) is 7.24. The lowest BCUT2D eigenvalue weighted by atomic mass is 10.1. The van der Waals surface area contributed by atoms with E-state index in [1.165, 1.54) is 17.3 Å². The van der Waals surface area contributed by atoms with Gasteiger partial charge in [-0.05, 0) is 13.0 Å². The molecule has 1 aliphatic rings. The van der Waals surface area contributed by atoms with Gasteiger partial charge in [-0.1, -0.05) is 6.92 Å². The molecule has 5 heteroatoms. The maximum atomic E-state index is 4.46. The summed E-state index contributed by atoms with van der Waals surface area (Å²) < 4.78 is 0. The lowest BCUT2D eigenvalue weighted by Crippen LogP contribution is -2.34. The maximum absolute atomic E-state index is 4.46. The summed E-state index contributed by atoms with van der Waals surface area (Å²) in [6.07, 6.45) is 6.58. The molecule has 1 fully saturated rings. The van der Waals surface area contributed by atoms with Gasteiger partial charge in [-0.3, -0.25) is 9.97 Å². The lowest BCUT2D eigenvalue weighted by Gasteiger charge is -2.29. The molecule has 94 valence electrons. The van der Waals surface area contributed by atoms with Crippen LogP contribution in [0, 0.1) is 0 Å². The Kier molecular flexibility index (Phi) is 5.61. The van der Waals surface area contributed by atoms with Crippen LogP contribution in [-0.4, -0.2) is 39.0 Å². The number of aromatic nitrogens is 2. The van der Waals surface area contributed by atoms with E-state index >= 15 is 0 Å². The Hall–Kier alpha value is -0.260. The summed E-state index contributed by atoms with van der Waals surface area (Å²) in [6.45, 7) is 3.24. The first kappa shape index (κ1) is 13.2. The number of nitrogens with one attached hydrogen (secondary N) is 1. The summed E-state index contributed by atoms with van der Waals surface area (Å²) in [5.74, 6) is 3.74. The van der Waals surface area contributed by atoms with Crippen molar-refractivity contribution in [1.29, 1.82) is 0 Å². The minimum Gasteiger partial charge on any atom is -0.308 e. The highest BCUT2D eigenvalue weighted by atomic mass is 32.2. The normalized spacial score (nSPS) is 22.3. The van der Waals surface area contributed by atoms with Crippen molar-refractivity contribution >= 4 is 23.5 Å². The lowest BCUT2D eigenvalue weighted by molar-refractivity contribution is 0.517. The smallest absolute Gasteiger partial charge is 0.0767 e. The van der Waals surface area contributed by atoms with Crippen molar-refractivity contribution in [2.45, 2.75) is 24.6 Å². The van der Waals surface area contributed by atoms with Gasteiger partial charge in [-0.15, -0.1) is 0 Å². The van der Waals surface area contributed by atoms with Crippen LogP contribution in [0.25, 0.3) is 0 Å². The van der Waals surface area contributed by atoms with E-state index in [9.17, 15) is 0 Å². The van der Waals surface area contributed by atoms with E-state index in [4.69, 9.17) is 0 Å². The van der Waals surface area contributed by atoms with E-state index < -0.39 is 0 Å². The molecule has 1 N–H and O–H groups in total. The van der Waals surface area contributed by atoms with Crippen LogP contribution >= 0.6 is 23.5 Å². The third kappa shape index (κ3) is 3.86. The zero-order valence-electron chi connectivity index (χ0n) is 10.1. The van der Waals surface area contributed by atoms with Crippen molar-refractivity contribution < 1.29 is 0 Å². The Balaban J connectivity index is 2.06. The largest absolute Gasteiger partial charge is 0.308 e. The molecule has 0 bridgehead atoms. The Labute approximate surface area is 112 Å². The van der Waals surface area contributed by atoms with Crippen LogP contribution in [-0.2, 0) is 0 Å². The topological polar surface area (TPSA) is 37.8 Å². The molecule has 1 aromatic rings. The molecule has 2 heterocycles. The number of rotatable bonds is 5. The van der Waals surface area contributed by atoms with E-state index in [1.807, 2.05) is 6.20 Å². The first-order valence-corrected chi connectivity index (χ1v) is 8.30. The fraction of sp³-hybridized carbons (Fsp3) is 0.667. The van der Waals surface area contributed by atoms with Gasteiger partial charge < -0.3 is 5.32 Å². The third-order valence-corrected chi connectivity index (χ3v) is 5.59. The number of nitrogens with zero attached hydrogens (tertiary/aromatic N) is 2. The molecule has 1 aromatic heterocycles. The van der Waals surface area contributed by atoms with Crippen molar-refractivity contribution in [2.75, 3.05) is 23.8 Å². The second-order valence-corrected chi connectivity index (χ2v) is 6.54. The zero-order valence-corrected chi connectivity index (χ0v) is 11.8. The van der Waals surface area contributed by atoms with Gasteiger partial charge in [0, 0.05) is 34.9 Å². The van der Waals surface area contributed by atoms with Crippen LogP contribution in [0.1, 0.15) is 25.1 Å². The molecule has 0 radical (unpaired) electrons. The fourth-order valence-electron chi connectivity index (χ4n) is 1.90. The van der Waals surface area contributed by atoms with Gasteiger partial charge in [-0.2, -0.15) is 23.5 Å². The monoisotopic (exact) mass is 269 g/mol. The van der Waals surface area contributed by atoms with Crippen LogP contribution in [0.2, 0.25) is 0 Å². The molecule has 2 atom stereocenters. The molecule has 17 heavy (non-hydrogen) atoms. The molecular weight excluding hydrogens is 250 g/mol. The maximum Gasteiger partial charge on any atom is 0.0767 e. The molecule has 3 nitrogen and oxygen atoms in total. The van der Waals surface area contributed by atoms with Gasteiger partial charge in [0.2, 0.25) is 0 Å². The predicted molar refractivity (Wildman–Crippen MR) is 76.6 cm³/mol. The van der Waals surface area contributed by atoms with E-state index in [1.54, 1.807) is 12.4 Å². The molecule has 1 aliphatic heterocycles. The van der Waals surface area contributed by atoms with E-state index in [0.717, 1.165) is 18.7 Å². The van der Waals surface area contributed by atoms with Crippen LogP contribution in [0.4, 0.5) is 0 Å². The quantitative estimate of drug-likeness (QED) is 0.888. The predicted octanol–water partition coefficient (Wildman–Crippen LogP) is 2.37. The van der Waals surface area contributed by atoms with Crippen LogP contribution < -0.4 is 5.32 Å². The summed E-state index contributed by atoms with van der Waals surface area (Å²) in [7, 11) is 0. The van der Waals surface area contributed by atoms with Gasteiger partial charge in [0.1, 0.15) is 0 Å². The molecular formula is C12H19N3S2. The second-order valence-electron chi connectivity index (χ2n) is 4.05. The van der Waals surface area contributed by atoms with Gasteiger partial charge in [0.05, 0.1) is 17.9 Å². The van der Waals surface area contributed by atoms with Crippen molar-refractivity contribution in [3.05, 3.63) is 24.3 Å². The molecule has 2 rings (SSSR count). The minimum absolute atomic E-state index is 0.349.